The molecule has 3 heterocycles. The molecule has 14 heteroatoms. The van der Waals surface area contributed by atoms with Gasteiger partial charge in [-0.1, -0.05) is 12.1 Å². The number of amides is 2. The second-order valence-corrected chi connectivity index (χ2v) is 9.99. The summed E-state index contributed by atoms with van der Waals surface area (Å²) in [6.07, 6.45) is -4.18. The molecule has 0 radical (unpaired) electrons. The maximum Gasteiger partial charge on any atom is 0.471 e. The lowest BCUT2D eigenvalue weighted by molar-refractivity contribution is -0.175. The molecular weight excluding hydrogens is 532 g/mol. The van der Waals surface area contributed by atoms with Gasteiger partial charge in [0.2, 0.25) is 11.8 Å². The molecule has 39 heavy (non-hydrogen) atoms. The van der Waals surface area contributed by atoms with E-state index in [-0.39, 0.29) is 30.8 Å². The summed E-state index contributed by atoms with van der Waals surface area (Å²) in [5, 5.41) is 1.66. The smallest absolute Gasteiger partial charge is 0.471 e. The molecule has 0 spiro atoms. The quantitative estimate of drug-likeness (QED) is 0.548. The van der Waals surface area contributed by atoms with Crippen molar-refractivity contribution in [1.82, 2.24) is 25.1 Å². The summed E-state index contributed by atoms with van der Waals surface area (Å²) in [7, 11) is 0. The Morgan fingerprint density at radius 1 is 0.974 bits per heavy atom. The summed E-state index contributed by atoms with van der Waals surface area (Å²) in [5.41, 5.74) is -0.286. The summed E-state index contributed by atoms with van der Waals surface area (Å²) in [6, 6.07) is 1.15. The maximum atomic E-state index is 13.3. The highest BCUT2D eigenvalue weighted by molar-refractivity contribution is 5.90. The molecule has 2 saturated heterocycles. The number of carbonyl (C=O) groups excluding carboxylic acids is 2. The average molecular weight is 557 g/mol. The number of benzene rings is 1. The second-order valence-electron chi connectivity index (χ2n) is 9.99. The molecular formula is C25H25F6N5O3. The zero-order valence-corrected chi connectivity index (χ0v) is 20.5. The Labute approximate surface area is 219 Å². The first kappa shape index (κ1) is 27.2. The molecule has 1 saturated carbocycles. The molecule has 2 amide bonds. The van der Waals surface area contributed by atoms with E-state index in [1.54, 1.807) is 17.7 Å². The fraction of sp³-hybridized carbons (Fsp3) is 0.520. The lowest BCUT2D eigenvalue weighted by atomic mass is 10.0. The predicted octanol–water partition coefficient (Wildman–Crippen LogP) is 3.46. The number of nitrogens with one attached hydrogen (secondary N) is 1. The van der Waals surface area contributed by atoms with E-state index in [0.29, 0.717) is 43.4 Å². The first-order valence-corrected chi connectivity index (χ1v) is 12.4. The fourth-order valence-corrected chi connectivity index (χ4v) is 4.98. The molecule has 1 aromatic heterocycles. The van der Waals surface area contributed by atoms with Crippen LogP contribution in [-0.4, -0.2) is 76.1 Å². The van der Waals surface area contributed by atoms with Crippen molar-refractivity contribution in [3.05, 3.63) is 53.5 Å². The first-order valence-electron chi connectivity index (χ1n) is 12.4. The van der Waals surface area contributed by atoms with Crippen molar-refractivity contribution in [2.45, 2.75) is 55.7 Å². The van der Waals surface area contributed by atoms with Crippen LogP contribution in [0, 0.1) is 0 Å². The number of alkyl halides is 6. The van der Waals surface area contributed by atoms with Gasteiger partial charge < -0.3 is 15.0 Å². The minimum atomic E-state index is -5.28. The van der Waals surface area contributed by atoms with Crippen molar-refractivity contribution in [2.75, 3.05) is 26.2 Å². The third-order valence-corrected chi connectivity index (χ3v) is 7.17. The Hall–Kier alpha value is -3.42. The SMILES string of the molecule is O=C(C(NC(=O)C(F)(F)F)c1ccc(C(F)(F)F)cc1)N1CCN2C[C@H](Oc3cnc(C4CC4)cn3)C[C@H]2C1. The number of ether oxygens (including phenoxy) is 1. The highest BCUT2D eigenvalue weighted by Gasteiger charge is 2.44. The third kappa shape index (κ3) is 6.26. The highest BCUT2D eigenvalue weighted by atomic mass is 19.4. The molecule has 1 unspecified atom stereocenters. The van der Waals surface area contributed by atoms with Crippen LogP contribution >= 0.6 is 0 Å². The van der Waals surface area contributed by atoms with Gasteiger partial charge in [0.05, 0.1) is 23.7 Å². The number of carbonyl (C=O) groups is 2. The van der Waals surface area contributed by atoms with Crippen molar-refractivity contribution >= 4 is 11.8 Å². The Morgan fingerprint density at radius 3 is 2.28 bits per heavy atom. The normalized spacial score (nSPS) is 22.8. The Balaban J connectivity index is 1.26. The lowest BCUT2D eigenvalue weighted by Crippen LogP contribution is -2.55. The van der Waals surface area contributed by atoms with Crippen LogP contribution in [-0.2, 0) is 15.8 Å². The second kappa shape index (κ2) is 10.3. The topological polar surface area (TPSA) is 87.7 Å². The van der Waals surface area contributed by atoms with Gasteiger partial charge in [-0.3, -0.25) is 19.5 Å². The summed E-state index contributed by atoms with van der Waals surface area (Å²) in [4.78, 5) is 37.2. The number of hydrogen-bond acceptors (Lipinski definition) is 6. The molecule has 0 bridgehead atoms. The molecule has 2 aromatic rings. The molecule has 1 aromatic carbocycles. The fourth-order valence-electron chi connectivity index (χ4n) is 4.98. The number of piperazine rings is 1. The Kier molecular flexibility index (Phi) is 7.16. The van der Waals surface area contributed by atoms with E-state index >= 15 is 0 Å². The maximum absolute atomic E-state index is 13.3. The van der Waals surface area contributed by atoms with Crippen molar-refractivity contribution < 1.29 is 40.7 Å². The van der Waals surface area contributed by atoms with E-state index in [1.807, 2.05) is 0 Å². The highest BCUT2D eigenvalue weighted by Crippen LogP contribution is 2.39. The predicted molar refractivity (Wildman–Crippen MR) is 123 cm³/mol. The molecule has 2 aliphatic heterocycles. The zero-order chi connectivity index (χ0) is 27.9. The average Bonchev–Trinajstić information content (AvgIpc) is 3.65. The van der Waals surface area contributed by atoms with E-state index in [4.69, 9.17) is 4.74 Å². The lowest BCUT2D eigenvalue weighted by Gasteiger charge is -2.38. The minimum Gasteiger partial charge on any atom is -0.472 e. The Bertz CT molecular complexity index is 1200. The van der Waals surface area contributed by atoms with Gasteiger partial charge in [-0.15, -0.1) is 0 Å². The van der Waals surface area contributed by atoms with Crippen LogP contribution in [0.2, 0.25) is 0 Å². The van der Waals surface area contributed by atoms with E-state index in [2.05, 4.69) is 14.9 Å². The zero-order valence-electron chi connectivity index (χ0n) is 20.5. The van der Waals surface area contributed by atoms with Crippen LogP contribution in [0.1, 0.15) is 48.0 Å². The molecule has 8 nitrogen and oxygen atoms in total. The van der Waals surface area contributed by atoms with Gasteiger partial charge in [-0.25, -0.2) is 4.98 Å². The van der Waals surface area contributed by atoms with Gasteiger partial charge in [0.25, 0.3) is 0 Å². The number of halogens is 6. The number of fused-ring (bicyclic) bond motifs is 1. The number of aromatic nitrogens is 2. The Morgan fingerprint density at radius 2 is 1.69 bits per heavy atom. The third-order valence-electron chi connectivity index (χ3n) is 7.17. The van der Waals surface area contributed by atoms with Gasteiger partial charge >= 0.3 is 18.3 Å². The van der Waals surface area contributed by atoms with Crippen molar-refractivity contribution in [3.63, 3.8) is 0 Å². The number of rotatable bonds is 6. The van der Waals surface area contributed by atoms with Gasteiger partial charge in [0, 0.05) is 44.6 Å². The van der Waals surface area contributed by atoms with E-state index in [0.717, 1.165) is 30.7 Å². The van der Waals surface area contributed by atoms with Crippen LogP contribution in [0.4, 0.5) is 26.3 Å². The van der Waals surface area contributed by atoms with Crippen molar-refractivity contribution in [2.24, 2.45) is 0 Å². The van der Waals surface area contributed by atoms with Gasteiger partial charge in [-0.2, -0.15) is 26.3 Å². The number of nitrogens with zero attached hydrogens (tertiary/aromatic N) is 4. The molecule has 1 aliphatic carbocycles. The van der Waals surface area contributed by atoms with Crippen LogP contribution in [0.5, 0.6) is 5.88 Å². The summed E-state index contributed by atoms with van der Waals surface area (Å²) < 4.78 is 83.9. The molecule has 3 fully saturated rings. The summed E-state index contributed by atoms with van der Waals surface area (Å²) in [5.74, 6) is -2.35. The van der Waals surface area contributed by atoms with Crippen molar-refractivity contribution in [3.8, 4) is 5.88 Å². The van der Waals surface area contributed by atoms with Crippen LogP contribution < -0.4 is 10.1 Å². The summed E-state index contributed by atoms with van der Waals surface area (Å²) >= 11 is 0. The van der Waals surface area contributed by atoms with Gasteiger partial charge in [-0.05, 0) is 30.5 Å². The molecule has 5 rings (SSSR count). The van der Waals surface area contributed by atoms with Crippen LogP contribution in [0.3, 0.4) is 0 Å². The molecule has 3 atom stereocenters. The summed E-state index contributed by atoms with van der Waals surface area (Å²) in [6.45, 7) is 1.29. The van der Waals surface area contributed by atoms with Gasteiger partial charge in [0.15, 0.2) is 0 Å². The first-order chi connectivity index (χ1) is 18.4. The standard InChI is InChI=1S/C25H25F6N5O3/c26-24(27,28)16-5-3-15(4-6-16)21(34-23(38)25(29,30)31)22(37)36-8-7-35-13-18(9-17(35)12-36)39-20-11-32-19(10-33-20)14-1-2-14/h3-6,10-11,14,17-18,21H,1-2,7-9,12-13H2,(H,34,38)/t17-,18+,21?/m0/s1. The molecule has 3 aliphatic rings. The largest absolute Gasteiger partial charge is 0.472 e. The molecule has 210 valence electrons. The van der Waals surface area contributed by atoms with E-state index in [1.165, 1.54) is 4.90 Å². The van der Waals surface area contributed by atoms with Gasteiger partial charge in [0.1, 0.15) is 12.1 Å². The van der Waals surface area contributed by atoms with Crippen molar-refractivity contribution in [1.29, 1.82) is 0 Å². The van der Waals surface area contributed by atoms with E-state index < -0.39 is 35.8 Å². The minimum absolute atomic E-state index is 0.155. The van der Waals surface area contributed by atoms with Crippen LogP contribution in [0.15, 0.2) is 36.7 Å². The van der Waals surface area contributed by atoms with Crippen LogP contribution in [0.25, 0.3) is 0 Å². The monoisotopic (exact) mass is 557 g/mol. The van der Waals surface area contributed by atoms with E-state index in [9.17, 15) is 35.9 Å². The molecule has 1 N–H and O–H groups in total. The number of hydrogen-bond donors (Lipinski definition) is 1.